The van der Waals surface area contributed by atoms with Crippen molar-refractivity contribution in [3.8, 4) is 0 Å². The molecule has 1 fully saturated rings. The summed E-state index contributed by atoms with van der Waals surface area (Å²) in [6, 6.07) is 4.93. The Balaban J connectivity index is 1.51. The summed E-state index contributed by atoms with van der Waals surface area (Å²) in [6.07, 6.45) is 1.19. The number of fused-ring (bicyclic) bond motifs is 1. The molecule has 10 heteroatoms. The third kappa shape index (κ3) is 3.58. The number of anilines is 1. The molecule has 1 aromatic heterocycles. The van der Waals surface area contributed by atoms with Crippen molar-refractivity contribution in [1.82, 2.24) is 25.0 Å². The van der Waals surface area contributed by atoms with Crippen molar-refractivity contribution in [3.63, 3.8) is 0 Å². The van der Waals surface area contributed by atoms with Gasteiger partial charge in [0.25, 0.3) is 5.91 Å². The SMILES string of the molecule is Cn1nc(CCN)nc1NCc1cccc2c1CN(C1CCC(=O)NC1=O)C2=O. The van der Waals surface area contributed by atoms with Crippen molar-refractivity contribution >= 4 is 23.7 Å². The minimum absolute atomic E-state index is 0.180. The second-order valence-electron chi connectivity index (χ2n) is 7.21. The molecule has 0 bridgehead atoms. The molecule has 10 nitrogen and oxygen atoms in total. The minimum atomic E-state index is -0.619. The highest BCUT2D eigenvalue weighted by atomic mass is 16.2. The molecule has 3 amide bonds. The Morgan fingerprint density at radius 2 is 2.14 bits per heavy atom. The summed E-state index contributed by atoms with van der Waals surface area (Å²) in [7, 11) is 1.80. The molecule has 152 valence electrons. The van der Waals surface area contributed by atoms with Gasteiger partial charge in [0.1, 0.15) is 6.04 Å². The number of amides is 3. The van der Waals surface area contributed by atoms with Gasteiger partial charge in [0.15, 0.2) is 5.82 Å². The standard InChI is InChI=1S/C19H23N7O3/c1-25-19(22-15(24-25)7-8-20)21-9-11-3-2-4-12-13(11)10-26(18(12)29)14-5-6-16(27)23-17(14)28/h2-4,14H,5-10,20H2,1H3,(H,21,22,24)(H,23,27,28). The number of hydrogen-bond donors (Lipinski definition) is 3. The number of rotatable bonds is 6. The lowest BCUT2D eigenvalue weighted by Crippen LogP contribution is -2.52. The summed E-state index contributed by atoms with van der Waals surface area (Å²) in [5.74, 6) is 0.416. The van der Waals surface area contributed by atoms with Crippen LogP contribution in [0.5, 0.6) is 0 Å². The average Bonchev–Trinajstić information content (AvgIpc) is 3.21. The van der Waals surface area contributed by atoms with Gasteiger partial charge in [0, 0.05) is 38.5 Å². The first-order valence-electron chi connectivity index (χ1n) is 9.57. The highest BCUT2D eigenvalue weighted by Crippen LogP contribution is 2.30. The van der Waals surface area contributed by atoms with E-state index in [0.29, 0.717) is 49.8 Å². The number of hydrogen-bond acceptors (Lipinski definition) is 7. The summed E-state index contributed by atoms with van der Waals surface area (Å²) in [6.45, 7) is 1.29. The van der Waals surface area contributed by atoms with Gasteiger partial charge < -0.3 is 16.0 Å². The number of carbonyl (C=O) groups is 3. The fourth-order valence-corrected chi connectivity index (χ4v) is 3.82. The van der Waals surface area contributed by atoms with E-state index in [1.807, 2.05) is 12.1 Å². The Kier molecular flexibility index (Phi) is 5.01. The molecule has 29 heavy (non-hydrogen) atoms. The number of piperidine rings is 1. The zero-order valence-corrected chi connectivity index (χ0v) is 16.1. The normalized spacial score (nSPS) is 18.8. The van der Waals surface area contributed by atoms with Crippen molar-refractivity contribution in [2.45, 2.75) is 38.4 Å². The molecule has 0 saturated carbocycles. The number of nitrogens with two attached hydrogens (primary N) is 1. The van der Waals surface area contributed by atoms with Gasteiger partial charge in [0.2, 0.25) is 17.8 Å². The van der Waals surface area contributed by atoms with Crippen LogP contribution in [0.2, 0.25) is 0 Å². The second kappa shape index (κ2) is 7.63. The molecule has 4 rings (SSSR count). The van der Waals surface area contributed by atoms with E-state index < -0.39 is 11.9 Å². The Bertz CT molecular complexity index is 984. The maximum absolute atomic E-state index is 12.9. The van der Waals surface area contributed by atoms with Crippen LogP contribution in [0.4, 0.5) is 5.95 Å². The first-order valence-corrected chi connectivity index (χ1v) is 9.57. The number of aromatic nitrogens is 3. The first-order chi connectivity index (χ1) is 14.0. The largest absolute Gasteiger partial charge is 0.350 e. The molecule has 0 radical (unpaired) electrons. The van der Waals surface area contributed by atoms with Crippen molar-refractivity contribution in [2.24, 2.45) is 12.8 Å². The van der Waals surface area contributed by atoms with E-state index in [-0.39, 0.29) is 18.2 Å². The molecular weight excluding hydrogens is 374 g/mol. The van der Waals surface area contributed by atoms with E-state index in [4.69, 9.17) is 5.73 Å². The first kappa shape index (κ1) is 19.1. The van der Waals surface area contributed by atoms with Gasteiger partial charge >= 0.3 is 0 Å². The van der Waals surface area contributed by atoms with E-state index in [2.05, 4.69) is 20.7 Å². The minimum Gasteiger partial charge on any atom is -0.350 e. The smallest absolute Gasteiger partial charge is 0.255 e. The Morgan fingerprint density at radius 1 is 1.31 bits per heavy atom. The quantitative estimate of drug-likeness (QED) is 0.569. The lowest BCUT2D eigenvalue weighted by Gasteiger charge is -2.29. The van der Waals surface area contributed by atoms with E-state index in [9.17, 15) is 14.4 Å². The highest BCUT2D eigenvalue weighted by molar-refractivity contribution is 6.05. The summed E-state index contributed by atoms with van der Waals surface area (Å²) >= 11 is 0. The fraction of sp³-hybridized carbons (Fsp3) is 0.421. The molecule has 1 unspecified atom stereocenters. The van der Waals surface area contributed by atoms with Gasteiger partial charge in [-0.3, -0.25) is 19.7 Å². The highest BCUT2D eigenvalue weighted by Gasteiger charge is 2.39. The van der Waals surface area contributed by atoms with E-state index in [1.165, 1.54) is 0 Å². The van der Waals surface area contributed by atoms with Crippen LogP contribution in [0.3, 0.4) is 0 Å². The van der Waals surface area contributed by atoms with Crippen molar-refractivity contribution in [1.29, 1.82) is 0 Å². The summed E-state index contributed by atoms with van der Waals surface area (Å²) in [4.78, 5) is 42.5. The monoisotopic (exact) mass is 397 g/mol. The summed E-state index contributed by atoms with van der Waals surface area (Å²) in [5.41, 5.74) is 7.99. The molecule has 1 aromatic carbocycles. The third-order valence-electron chi connectivity index (χ3n) is 5.29. The van der Waals surface area contributed by atoms with Gasteiger partial charge in [-0.25, -0.2) is 4.68 Å². The topological polar surface area (TPSA) is 135 Å². The summed E-state index contributed by atoms with van der Waals surface area (Å²) < 4.78 is 1.66. The van der Waals surface area contributed by atoms with Crippen molar-refractivity contribution in [3.05, 3.63) is 40.7 Å². The summed E-state index contributed by atoms with van der Waals surface area (Å²) in [5, 5.41) is 9.89. The van der Waals surface area contributed by atoms with Gasteiger partial charge in [0.05, 0.1) is 0 Å². The number of imide groups is 1. The van der Waals surface area contributed by atoms with Crippen LogP contribution in [0.25, 0.3) is 0 Å². The maximum Gasteiger partial charge on any atom is 0.255 e. The lowest BCUT2D eigenvalue weighted by molar-refractivity contribution is -0.136. The molecule has 2 aromatic rings. The predicted molar refractivity (Wildman–Crippen MR) is 104 cm³/mol. The molecule has 1 saturated heterocycles. The van der Waals surface area contributed by atoms with E-state index in [0.717, 1.165) is 11.1 Å². The van der Waals surface area contributed by atoms with Crippen LogP contribution in [0.1, 0.15) is 40.2 Å². The number of benzene rings is 1. The number of nitrogens with zero attached hydrogens (tertiary/aromatic N) is 4. The molecule has 2 aliphatic heterocycles. The van der Waals surface area contributed by atoms with Gasteiger partial charge in [-0.15, -0.1) is 0 Å². The average molecular weight is 397 g/mol. The zero-order chi connectivity index (χ0) is 20.5. The van der Waals surface area contributed by atoms with Gasteiger partial charge in [-0.1, -0.05) is 12.1 Å². The Morgan fingerprint density at radius 3 is 2.90 bits per heavy atom. The zero-order valence-electron chi connectivity index (χ0n) is 16.1. The lowest BCUT2D eigenvalue weighted by atomic mass is 10.0. The van der Waals surface area contributed by atoms with Crippen molar-refractivity contribution < 1.29 is 14.4 Å². The van der Waals surface area contributed by atoms with Gasteiger partial charge in [-0.05, 0) is 30.2 Å². The molecule has 1 atom stereocenters. The second-order valence-corrected chi connectivity index (χ2v) is 7.21. The molecular formula is C19H23N7O3. The molecule has 3 heterocycles. The number of aryl methyl sites for hydroxylation is 1. The van der Waals surface area contributed by atoms with E-state index in [1.54, 1.807) is 22.7 Å². The fourth-order valence-electron chi connectivity index (χ4n) is 3.82. The van der Waals surface area contributed by atoms with Crippen LogP contribution in [0.15, 0.2) is 18.2 Å². The number of carbonyl (C=O) groups excluding carboxylic acids is 3. The molecule has 0 spiro atoms. The Hall–Kier alpha value is -3.27. The molecule has 4 N–H and O–H groups in total. The predicted octanol–water partition coefficient (Wildman–Crippen LogP) is -0.311. The molecule has 0 aliphatic carbocycles. The van der Waals surface area contributed by atoms with Crippen LogP contribution in [-0.2, 0) is 36.1 Å². The van der Waals surface area contributed by atoms with Crippen LogP contribution >= 0.6 is 0 Å². The van der Waals surface area contributed by atoms with Crippen LogP contribution < -0.4 is 16.4 Å². The van der Waals surface area contributed by atoms with E-state index >= 15 is 0 Å². The molecule has 2 aliphatic rings. The van der Waals surface area contributed by atoms with Crippen LogP contribution in [-0.4, -0.2) is 50.0 Å². The third-order valence-corrected chi connectivity index (χ3v) is 5.29. The van der Waals surface area contributed by atoms with Crippen molar-refractivity contribution in [2.75, 3.05) is 11.9 Å². The van der Waals surface area contributed by atoms with Crippen LogP contribution in [0, 0.1) is 0 Å². The maximum atomic E-state index is 12.9. The Labute approximate surface area is 167 Å². The number of nitrogens with one attached hydrogen (secondary N) is 2. The van der Waals surface area contributed by atoms with Gasteiger partial charge in [-0.2, -0.15) is 10.1 Å².